The predicted octanol–water partition coefficient (Wildman–Crippen LogP) is 3.04. The molecule has 0 fully saturated rings. The maximum absolute atomic E-state index is 13.0. The highest BCUT2D eigenvalue weighted by molar-refractivity contribution is 9.10. The minimum Gasteiger partial charge on any atom is -0.396 e. The van der Waals surface area contributed by atoms with Gasteiger partial charge in [-0.3, -0.25) is 4.90 Å². The molecule has 1 N–H and O–H groups in total. The summed E-state index contributed by atoms with van der Waals surface area (Å²) in [5.41, 5.74) is 0.671. The van der Waals surface area contributed by atoms with Crippen LogP contribution in [0.2, 0.25) is 0 Å². The lowest BCUT2D eigenvalue weighted by atomic mass is 10.2. The SMILES string of the molecule is N#CN(CCCCCO)c1ccc(F)c(Br)c1. The number of benzene rings is 1. The first-order valence-corrected chi connectivity index (χ1v) is 6.21. The summed E-state index contributed by atoms with van der Waals surface area (Å²) in [6.45, 7) is 0.753. The summed E-state index contributed by atoms with van der Waals surface area (Å²) >= 11 is 3.09. The lowest BCUT2D eigenvalue weighted by Crippen LogP contribution is -2.17. The zero-order valence-electron chi connectivity index (χ0n) is 9.37. The van der Waals surface area contributed by atoms with Gasteiger partial charge in [-0.25, -0.2) is 4.39 Å². The zero-order valence-corrected chi connectivity index (χ0v) is 11.0. The summed E-state index contributed by atoms with van der Waals surface area (Å²) in [5, 5.41) is 17.7. The molecule has 1 rings (SSSR count). The molecular formula is C12H14BrFN2O. The highest BCUT2D eigenvalue weighted by Gasteiger charge is 2.07. The van der Waals surface area contributed by atoms with E-state index < -0.39 is 0 Å². The third-order valence-electron chi connectivity index (χ3n) is 2.38. The van der Waals surface area contributed by atoms with Crippen LogP contribution in [-0.4, -0.2) is 18.3 Å². The van der Waals surface area contributed by atoms with E-state index in [4.69, 9.17) is 10.4 Å². The molecule has 0 atom stereocenters. The second-order valence-corrected chi connectivity index (χ2v) is 4.49. The topological polar surface area (TPSA) is 47.3 Å². The van der Waals surface area contributed by atoms with Gasteiger partial charge in [-0.15, -0.1) is 0 Å². The molecule has 1 aromatic carbocycles. The second kappa shape index (κ2) is 7.25. The number of rotatable bonds is 6. The van der Waals surface area contributed by atoms with Crippen LogP contribution in [0.5, 0.6) is 0 Å². The van der Waals surface area contributed by atoms with E-state index in [1.165, 1.54) is 11.0 Å². The largest absolute Gasteiger partial charge is 0.396 e. The van der Waals surface area contributed by atoms with Crippen LogP contribution in [0.15, 0.2) is 22.7 Å². The van der Waals surface area contributed by atoms with Gasteiger partial charge in [0, 0.05) is 13.2 Å². The molecule has 1 aromatic rings. The van der Waals surface area contributed by atoms with Crippen molar-refractivity contribution in [1.82, 2.24) is 0 Å². The Morgan fingerprint density at radius 2 is 2.12 bits per heavy atom. The van der Waals surface area contributed by atoms with Crippen LogP contribution in [0.1, 0.15) is 19.3 Å². The zero-order chi connectivity index (χ0) is 12.7. The minimum absolute atomic E-state index is 0.175. The number of unbranched alkanes of at least 4 members (excludes halogenated alkanes) is 2. The van der Waals surface area contributed by atoms with E-state index in [0.717, 1.165) is 19.3 Å². The van der Waals surface area contributed by atoms with Crippen molar-refractivity contribution in [3.63, 3.8) is 0 Å². The lowest BCUT2D eigenvalue weighted by Gasteiger charge is -2.15. The van der Waals surface area contributed by atoms with Gasteiger partial charge in [0.15, 0.2) is 6.19 Å². The van der Waals surface area contributed by atoms with Crippen LogP contribution >= 0.6 is 15.9 Å². The predicted molar refractivity (Wildman–Crippen MR) is 68.0 cm³/mol. The Balaban J connectivity index is 2.61. The Kier molecular flexibility index (Phi) is 5.95. The fraction of sp³-hybridized carbons (Fsp3) is 0.417. The quantitative estimate of drug-likeness (QED) is 0.499. The molecule has 0 aliphatic rings. The van der Waals surface area contributed by atoms with E-state index in [0.29, 0.717) is 16.7 Å². The maximum Gasteiger partial charge on any atom is 0.184 e. The van der Waals surface area contributed by atoms with Gasteiger partial charge in [-0.05, 0) is 53.4 Å². The van der Waals surface area contributed by atoms with E-state index >= 15 is 0 Å². The van der Waals surface area contributed by atoms with Crippen LogP contribution in [0.4, 0.5) is 10.1 Å². The van der Waals surface area contributed by atoms with Crippen LogP contribution in [0.3, 0.4) is 0 Å². The molecule has 0 aromatic heterocycles. The average Bonchev–Trinajstić information content (AvgIpc) is 2.33. The fourth-order valence-corrected chi connectivity index (χ4v) is 1.81. The molecule has 0 saturated heterocycles. The van der Waals surface area contributed by atoms with Gasteiger partial charge in [0.25, 0.3) is 0 Å². The van der Waals surface area contributed by atoms with Crippen LogP contribution in [0, 0.1) is 17.3 Å². The third-order valence-corrected chi connectivity index (χ3v) is 2.98. The van der Waals surface area contributed by atoms with Gasteiger partial charge in [0.1, 0.15) is 5.82 Å². The number of anilines is 1. The van der Waals surface area contributed by atoms with Gasteiger partial charge < -0.3 is 5.11 Å². The summed E-state index contributed by atoms with van der Waals surface area (Å²) in [5.74, 6) is -0.341. The number of aliphatic hydroxyl groups is 1. The highest BCUT2D eigenvalue weighted by atomic mass is 79.9. The Bertz CT molecular complexity index is 406. The van der Waals surface area contributed by atoms with Gasteiger partial charge in [-0.2, -0.15) is 5.26 Å². The number of nitrogens with zero attached hydrogens (tertiary/aromatic N) is 2. The minimum atomic E-state index is -0.341. The molecule has 0 saturated carbocycles. The summed E-state index contributed by atoms with van der Waals surface area (Å²) < 4.78 is 13.4. The molecular weight excluding hydrogens is 287 g/mol. The Labute approximate surface area is 109 Å². The summed E-state index contributed by atoms with van der Waals surface area (Å²) in [6.07, 6.45) is 4.51. The molecule has 0 unspecified atom stereocenters. The Hall–Kier alpha value is -1.12. The molecule has 0 aliphatic heterocycles. The molecule has 0 spiro atoms. The smallest absolute Gasteiger partial charge is 0.184 e. The first kappa shape index (κ1) is 13.9. The van der Waals surface area contributed by atoms with Gasteiger partial charge >= 0.3 is 0 Å². The molecule has 5 heteroatoms. The molecule has 17 heavy (non-hydrogen) atoms. The van der Waals surface area contributed by atoms with E-state index in [2.05, 4.69) is 22.1 Å². The van der Waals surface area contributed by atoms with Crippen molar-refractivity contribution in [2.75, 3.05) is 18.1 Å². The van der Waals surface area contributed by atoms with Crippen LogP contribution in [-0.2, 0) is 0 Å². The van der Waals surface area contributed by atoms with Crippen molar-refractivity contribution in [2.24, 2.45) is 0 Å². The van der Waals surface area contributed by atoms with Crippen molar-refractivity contribution in [3.8, 4) is 6.19 Å². The monoisotopic (exact) mass is 300 g/mol. The molecule has 0 radical (unpaired) electrons. The van der Waals surface area contributed by atoms with Gasteiger partial charge in [-0.1, -0.05) is 0 Å². The number of aliphatic hydroxyl groups excluding tert-OH is 1. The van der Waals surface area contributed by atoms with Crippen molar-refractivity contribution in [3.05, 3.63) is 28.5 Å². The van der Waals surface area contributed by atoms with Gasteiger partial charge in [0.2, 0.25) is 0 Å². The van der Waals surface area contributed by atoms with Crippen molar-refractivity contribution in [1.29, 1.82) is 5.26 Å². The average molecular weight is 301 g/mol. The van der Waals surface area contributed by atoms with E-state index in [1.54, 1.807) is 12.1 Å². The maximum atomic E-state index is 13.0. The molecule has 92 valence electrons. The number of hydrogen-bond donors (Lipinski definition) is 1. The molecule has 0 aliphatic carbocycles. The summed E-state index contributed by atoms with van der Waals surface area (Å²) in [6, 6.07) is 4.50. The van der Waals surface area contributed by atoms with Crippen molar-refractivity contribution >= 4 is 21.6 Å². The number of nitriles is 1. The van der Waals surface area contributed by atoms with E-state index in [1.807, 2.05) is 0 Å². The van der Waals surface area contributed by atoms with E-state index in [-0.39, 0.29) is 12.4 Å². The Morgan fingerprint density at radius 1 is 1.35 bits per heavy atom. The van der Waals surface area contributed by atoms with Gasteiger partial charge in [0.05, 0.1) is 10.2 Å². The summed E-state index contributed by atoms with van der Waals surface area (Å²) in [4.78, 5) is 1.52. The first-order valence-electron chi connectivity index (χ1n) is 5.42. The molecule has 0 amide bonds. The Morgan fingerprint density at radius 3 is 2.71 bits per heavy atom. The number of halogens is 2. The van der Waals surface area contributed by atoms with E-state index in [9.17, 15) is 4.39 Å². The highest BCUT2D eigenvalue weighted by Crippen LogP contribution is 2.23. The van der Waals surface area contributed by atoms with Crippen LogP contribution in [0.25, 0.3) is 0 Å². The third kappa shape index (κ3) is 4.33. The van der Waals surface area contributed by atoms with Crippen molar-refractivity contribution < 1.29 is 9.50 Å². The fourth-order valence-electron chi connectivity index (χ4n) is 1.45. The molecule has 3 nitrogen and oxygen atoms in total. The standard InChI is InChI=1S/C12H14BrFN2O/c13-11-8-10(4-5-12(11)14)16(9-15)6-2-1-3-7-17/h4-5,8,17H,1-3,6-7H2. The molecule has 0 heterocycles. The first-order chi connectivity index (χ1) is 8.19. The normalized spacial score (nSPS) is 10.0. The lowest BCUT2D eigenvalue weighted by molar-refractivity contribution is 0.283. The molecule has 0 bridgehead atoms. The second-order valence-electron chi connectivity index (χ2n) is 3.63. The van der Waals surface area contributed by atoms with Crippen LogP contribution < -0.4 is 4.90 Å². The van der Waals surface area contributed by atoms with Crippen molar-refractivity contribution in [2.45, 2.75) is 19.3 Å². The number of hydrogen-bond acceptors (Lipinski definition) is 3. The summed E-state index contributed by atoms with van der Waals surface area (Å²) in [7, 11) is 0.